The average molecular weight is 335 g/mol. The van der Waals surface area contributed by atoms with E-state index in [9.17, 15) is 13.2 Å². The number of nitrogens with one attached hydrogen (secondary N) is 1. The van der Waals surface area contributed by atoms with E-state index in [0.29, 0.717) is 17.7 Å². The predicted molar refractivity (Wildman–Crippen MR) is 91.6 cm³/mol. The van der Waals surface area contributed by atoms with Crippen molar-refractivity contribution in [3.05, 3.63) is 36.5 Å². The molecule has 1 N–H and O–H groups in total. The minimum Gasteiger partial charge on any atom is -0.323 e. The second-order valence-electron chi connectivity index (χ2n) is 5.88. The van der Waals surface area contributed by atoms with Crippen molar-refractivity contribution in [1.82, 2.24) is 9.29 Å². The summed E-state index contributed by atoms with van der Waals surface area (Å²) in [6.45, 7) is 3.91. The number of carbonyl (C=O) groups excluding carboxylic acids is 1. The maximum atomic E-state index is 12.2. The Labute approximate surface area is 136 Å². The number of nitrogens with zero attached hydrogens (tertiary/aromatic N) is 2. The third-order valence-corrected chi connectivity index (χ3v) is 4.48. The number of sulfonamides is 1. The zero-order valence-corrected chi connectivity index (χ0v) is 14.3. The molecule has 1 heterocycles. The first-order valence-electron chi connectivity index (χ1n) is 7.36. The molecule has 1 aromatic carbocycles. The van der Waals surface area contributed by atoms with Gasteiger partial charge in [0.25, 0.3) is 0 Å². The van der Waals surface area contributed by atoms with Crippen LogP contribution in [0.25, 0.3) is 10.9 Å². The van der Waals surface area contributed by atoms with Gasteiger partial charge in [-0.25, -0.2) is 8.42 Å². The summed E-state index contributed by atoms with van der Waals surface area (Å²) in [7, 11) is -3.43. The fourth-order valence-electron chi connectivity index (χ4n) is 2.28. The van der Waals surface area contributed by atoms with Crippen LogP contribution in [0.3, 0.4) is 0 Å². The summed E-state index contributed by atoms with van der Waals surface area (Å²) in [6, 6.07) is 9.20. The number of carbonyl (C=O) groups is 1. The minimum absolute atomic E-state index is 0.136. The Morgan fingerprint density at radius 2 is 1.96 bits per heavy atom. The van der Waals surface area contributed by atoms with Gasteiger partial charge in [-0.3, -0.25) is 9.78 Å². The number of pyridine rings is 1. The monoisotopic (exact) mass is 335 g/mol. The molecule has 0 unspecified atom stereocenters. The van der Waals surface area contributed by atoms with E-state index in [2.05, 4.69) is 10.3 Å². The van der Waals surface area contributed by atoms with Crippen molar-refractivity contribution in [2.75, 3.05) is 24.7 Å². The molecule has 0 bridgehead atoms. The smallest absolute Gasteiger partial charge is 0.239 e. The first-order valence-corrected chi connectivity index (χ1v) is 9.21. The summed E-state index contributed by atoms with van der Waals surface area (Å²) in [5.41, 5.74) is 1.25. The largest absolute Gasteiger partial charge is 0.323 e. The second kappa shape index (κ2) is 7.06. The van der Waals surface area contributed by atoms with E-state index in [4.69, 9.17) is 0 Å². The summed E-state index contributed by atoms with van der Waals surface area (Å²) in [5.74, 6) is -0.244. The fraction of sp³-hybridized carbons (Fsp3) is 0.375. The van der Waals surface area contributed by atoms with E-state index < -0.39 is 10.0 Å². The Hall–Kier alpha value is -1.99. The Morgan fingerprint density at radius 1 is 1.26 bits per heavy atom. The van der Waals surface area contributed by atoms with Gasteiger partial charge in [-0.1, -0.05) is 32.0 Å². The Balaban J connectivity index is 2.17. The standard InChI is InChI=1S/C16H21N3O3S/c1-12(2)10-19(23(3,21)22)11-15(20)18-14-8-4-6-13-7-5-9-17-16(13)14/h4-9,12H,10-11H2,1-3H3,(H,18,20). The van der Waals surface area contributed by atoms with Gasteiger partial charge in [0, 0.05) is 18.1 Å². The van der Waals surface area contributed by atoms with Gasteiger partial charge < -0.3 is 5.32 Å². The molecule has 7 heteroatoms. The van der Waals surface area contributed by atoms with Gasteiger partial charge in [0.2, 0.25) is 15.9 Å². The van der Waals surface area contributed by atoms with Crippen LogP contribution in [0.4, 0.5) is 5.69 Å². The maximum Gasteiger partial charge on any atom is 0.239 e. The van der Waals surface area contributed by atoms with Crippen molar-refractivity contribution in [2.24, 2.45) is 5.92 Å². The lowest BCUT2D eigenvalue weighted by Gasteiger charge is -2.21. The van der Waals surface area contributed by atoms with E-state index in [1.165, 1.54) is 4.31 Å². The highest BCUT2D eigenvalue weighted by atomic mass is 32.2. The van der Waals surface area contributed by atoms with Crippen LogP contribution in [-0.4, -0.2) is 43.0 Å². The number of fused-ring (bicyclic) bond motifs is 1. The van der Waals surface area contributed by atoms with Crippen molar-refractivity contribution in [2.45, 2.75) is 13.8 Å². The number of amides is 1. The summed E-state index contributed by atoms with van der Waals surface area (Å²) >= 11 is 0. The van der Waals surface area contributed by atoms with Crippen molar-refractivity contribution in [3.63, 3.8) is 0 Å². The second-order valence-corrected chi connectivity index (χ2v) is 7.86. The van der Waals surface area contributed by atoms with Gasteiger partial charge in [0.1, 0.15) is 0 Å². The number of benzene rings is 1. The molecule has 1 amide bonds. The van der Waals surface area contributed by atoms with Crippen molar-refractivity contribution >= 4 is 32.5 Å². The molecule has 23 heavy (non-hydrogen) atoms. The third kappa shape index (κ3) is 4.74. The molecule has 0 aliphatic rings. The van der Waals surface area contributed by atoms with Crippen LogP contribution in [0.1, 0.15) is 13.8 Å². The molecule has 0 radical (unpaired) electrons. The molecule has 0 atom stereocenters. The zero-order valence-electron chi connectivity index (χ0n) is 13.5. The van der Waals surface area contributed by atoms with Crippen LogP contribution in [-0.2, 0) is 14.8 Å². The lowest BCUT2D eigenvalue weighted by molar-refractivity contribution is -0.116. The van der Waals surface area contributed by atoms with E-state index in [1.54, 1.807) is 12.3 Å². The first kappa shape index (κ1) is 17.4. The van der Waals surface area contributed by atoms with Gasteiger partial charge in [-0.2, -0.15) is 4.31 Å². The summed E-state index contributed by atoms with van der Waals surface area (Å²) in [6.07, 6.45) is 2.77. The molecule has 1 aromatic heterocycles. The number of hydrogen-bond donors (Lipinski definition) is 1. The molecule has 0 saturated carbocycles. The molecule has 0 saturated heterocycles. The topological polar surface area (TPSA) is 79.4 Å². The molecular formula is C16H21N3O3S. The van der Waals surface area contributed by atoms with Crippen LogP contribution in [0.15, 0.2) is 36.5 Å². The molecule has 2 aromatic rings. The molecule has 2 rings (SSSR count). The maximum absolute atomic E-state index is 12.2. The molecule has 6 nitrogen and oxygen atoms in total. The Morgan fingerprint density at radius 3 is 2.61 bits per heavy atom. The Kier molecular flexibility index (Phi) is 5.33. The number of anilines is 1. The van der Waals surface area contributed by atoms with E-state index >= 15 is 0 Å². The van der Waals surface area contributed by atoms with Crippen LogP contribution >= 0.6 is 0 Å². The molecule has 0 aliphatic heterocycles. The van der Waals surface area contributed by atoms with Crippen LogP contribution in [0.2, 0.25) is 0 Å². The summed E-state index contributed by atoms with van der Waals surface area (Å²) in [4.78, 5) is 16.5. The normalized spacial score (nSPS) is 12.0. The van der Waals surface area contributed by atoms with Crippen LogP contribution in [0.5, 0.6) is 0 Å². The highest BCUT2D eigenvalue weighted by Gasteiger charge is 2.21. The number of para-hydroxylation sites is 1. The molecule has 124 valence electrons. The van der Waals surface area contributed by atoms with E-state index in [1.807, 2.05) is 38.1 Å². The minimum atomic E-state index is -3.43. The van der Waals surface area contributed by atoms with E-state index in [-0.39, 0.29) is 18.4 Å². The number of hydrogen-bond acceptors (Lipinski definition) is 4. The van der Waals surface area contributed by atoms with Crippen molar-refractivity contribution < 1.29 is 13.2 Å². The Bertz CT molecular complexity index is 798. The van der Waals surface area contributed by atoms with Crippen LogP contribution < -0.4 is 5.32 Å². The van der Waals surface area contributed by atoms with Crippen molar-refractivity contribution in [1.29, 1.82) is 0 Å². The highest BCUT2D eigenvalue weighted by molar-refractivity contribution is 7.88. The SMILES string of the molecule is CC(C)CN(CC(=O)Nc1cccc2cccnc12)S(C)(=O)=O. The van der Waals surface area contributed by atoms with Gasteiger partial charge in [-0.15, -0.1) is 0 Å². The average Bonchev–Trinajstić information content (AvgIpc) is 2.45. The van der Waals surface area contributed by atoms with Gasteiger partial charge in [0.15, 0.2) is 0 Å². The first-order chi connectivity index (χ1) is 10.8. The predicted octanol–water partition coefficient (Wildman–Crippen LogP) is 2.09. The van der Waals surface area contributed by atoms with E-state index in [0.717, 1.165) is 11.6 Å². The van der Waals surface area contributed by atoms with Crippen LogP contribution in [0, 0.1) is 5.92 Å². The molecular weight excluding hydrogens is 314 g/mol. The number of rotatable bonds is 6. The quantitative estimate of drug-likeness (QED) is 0.876. The highest BCUT2D eigenvalue weighted by Crippen LogP contribution is 2.20. The lowest BCUT2D eigenvalue weighted by atomic mass is 10.2. The van der Waals surface area contributed by atoms with Gasteiger partial charge >= 0.3 is 0 Å². The molecule has 0 aliphatic carbocycles. The molecule has 0 spiro atoms. The lowest BCUT2D eigenvalue weighted by Crippen LogP contribution is -2.39. The fourth-order valence-corrected chi connectivity index (χ4v) is 3.20. The van der Waals surface area contributed by atoms with Gasteiger partial charge in [0.05, 0.1) is 24.0 Å². The summed E-state index contributed by atoms with van der Waals surface area (Å²) < 4.78 is 24.8. The van der Waals surface area contributed by atoms with Gasteiger partial charge in [-0.05, 0) is 18.1 Å². The summed E-state index contributed by atoms with van der Waals surface area (Å²) in [5, 5.41) is 3.66. The van der Waals surface area contributed by atoms with Crippen molar-refractivity contribution in [3.8, 4) is 0 Å². The number of aromatic nitrogens is 1. The molecule has 0 fully saturated rings. The zero-order chi connectivity index (χ0) is 17.0. The third-order valence-electron chi connectivity index (χ3n) is 3.26.